The van der Waals surface area contributed by atoms with Crippen molar-refractivity contribution < 1.29 is 9.59 Å². The van der Waals surface area contributed by atoms with Gasteiger partial charge in [0, 0.05) is 13.0 Å². The average Bonchev–Trinajstić information content (AvgIpc) is 2.41. The van der Waals surface area contributed by atoms with Crippen LogP contribution < -0.4 is 10.6 Å². The maximum Gasteiger partial charge on any atom is 0.239 e. The largest absolute Gasteiger partial charge is 0.355 e. The first-order valence-electron chi connectivity index (χ1n) is 7.82. The van der Waals surface area contributed by atoms with E-state index in [0.717, 1.165) is 25.8 Å². The highest BCUT2D eigenvalue weighted by atomic mass is 16.2. The Balaban J connectivity index is 2.22. The molecule has 2 amide bonds. The molecule has 0 spiro atoms. The van der Waals surface area contributed by atoms with Gasteiger partial charge >= 0.3 is 0 Å². The Morgan fingerprint density at radius 3 is 1.74 bits per heavy atom. The molecule has 4 heteroatoms. The predicted molar refractivity (Wildman–Crippen MR) is 76.8 cm³/mol. The number of amides is 2. The molecule has 1 aliphatic heterocycles. The summed E-state index contributed by atoms with van der Waals surface area (Å²) in [6, 6.07) is 0. The second-order valence-electron chi connectivity index (χ2n) is 5.41. The number of hydrogen-bond donors (Lipinski definition) is 2. The molecule has 1 rings (SSSR count). The third kappa shape index (κ3) is 9.51. The molecule has 0 saturated carbocycles. The van der Waals surface area contributed by atoms with Crippen LogP contribution in [-0.4, -0.2) is 24.9 Å². The van der Waals surface area contributed by atoms with Crippen LogP contribution in [0, 0.1) is 0 Å². The zero-order valence-electron chi connectivity index (χ0n) is 12.0. The Bertz CT molecular complexity index is 241. The van der Waals surface area contributed by atoms with Gasteiger partial charge in [0.1, 0.15) is 0 Å². The summed E-state index contributed by atoms with van der Waals surface area (Å²) in [4.78, 5) is 22.9. The third-order valence-corrected chi connectivity index (χ3v) is 3.60. The van der Waals surface area contributed by atoms with Gasteiger partial charge in [0.25, 0.3) is 0 Å². The third-order valence-electron chi connectivity index (χ3n) is 3.60. The SMILES string of the molecule is O=C1CCCCCCCCCCCCNC(=O)CN1. The van der Waals surface area contributed by atoms with Crippen molar-refractivity contribution in [2.24, 2.45) is 0 Å². The smallest absolute Gasteiger partial charge is 0.239 e. The summed E-state index contributed by atoms with van der Waals surface area (Å²) in [5.74, 6) is -0.0721. The number of carbonyl (C=O) groups is 2. The molecule has 2 N–H and O–H groups in total. The minimum absolute atomic E-state index is 0.000494. The fourth-order valence-corrected chi connectivity index (χ4v) is 2.38. The van der Waals surface area contributed by atoms with Crippen LogP contribution in [0.3, 0.4) is 0 Å². The number of rotatable bonds is 0. The van der Waals surface area contributed by atoms with Gasteiger partial charge in [0.05, 0.1) is 6.54 Å². The summed E-state index contributed by atoms with van der Waals surface area (Å²) in [5.41, 5.74) is 0. The minimum atomic E-state index is -0.0716. The highest BCUT2D eigenvalue weighted by Crippen LogP contribution is 2.11. The van der Waals surface area contributed by atoms with E-state index in [1.165, 1.54) is 44.9 Å². The molecule has 0 aromatic rings. The van der Waals surface area contributed by atoms with E-state index in [1.54, 1.807) is 0 Å². The van der Waals surface area contributed by atoms with Crippen molar-refractivity contribution in [3.63, 3.8) is 0 Å². The van der Waals surface area contributed by atoms with Crippen molar-refractivity contribution in [1.29, 1.82) is 0 Å². The van der Waals surface area contributed by atoms with Crippen LogP contribution >= 0.6 is 0 Å². The van der Waals surface area contributed by atoms with Crippen LogP contribution in [-0.2, 0) is 9.59 Å². The molecule has 19 heavy (non-hydrogen) atoms. The molecule has 1 saturated heterocycles. The molecule has 1 heterocycles. The van der Waals surface area contributed by atoms with Crippen molar-refractivity contribution in [2.45, 2.75) is 70.6 Å². The van der Waals surface area contributed by atoms with Crippen LogP contribution in [0.4, 0.5) is 0 Å². The summed E-state index contributed by atoms with van der Waals surface area (Å²) in [6.45, 7) is 0.855. The molecule has 0 atom stereocenters. The second kappa shape index (κ2) is 10.8. The Hall–Kier alpha value is -1.06. The lowest BCUT2D eigenvalue weighted by molar-refractivity contribution is -0.126. The predicted octanol–water partition coefficient (Wildman–Crippen LogP) is 2.52. The normalized spacial score (nSPS) is 22.1. The van der Waals surface area contributed by atoms with Gasteiger partial charge in [-0.3, -0.25) is 9.59 Å². The Kier molecular flexibility index (Phi) is 9.11. The van der Waals surface area contributed by atoms with Crippen LogP contribution in [0.25, 0.3) is 0 Å². The van der Waals surface area contributed by atoms with Gasteiger partial charge in [0.2, 0.25) is 11.8 Å². The van der Waals surface area contributed by atoms with Crippen molar-refractivity contribution in [3.05, 3.63) is 0 Å². The Labute approximate surface area is 116 Å². The van der Waals surface area contributed by atoms with Gasteiger partial charge in [-0.05, 0) is 12.8 Å². The summed E-state index contributed by atoms with van der Waals surface area (Å²) in [7, 11) is 0. The molecule has 1 fully saturated rings. The first-order valence-corrected chi connectivity index (χ1v) is 7.82. The lowest BCUT2D eigenvalue weighted by atomic mass is 10.1. The van der Waals surface area contributed by atoms with E-state index in [2.05, 4.69) is 10.6 Å². The number of nitrogens with one attached hydrogen (secondary N) is 2. The number of hydrogen-bond acceptors (Lipinski definition) is 2. The van der Waals surface area contributed by atoms with Gasteiger partial charge < -0.3 is 10.6 Å². The van der Waals surface area contributed by atoms with Crippen LogP contribution in [0.2, 0.25) is 0 Å². The molecule has 0 aromatic heterocycles. The molecule has 1 aliphatic rings. The standard InChI is InChI=1S/C15H28N2O2/c18-14-11-9-7-5-3-1-2-4-6-8-10-12-16-15(19)13-17-14/h1-13H2,(H,16,19)(H,17,18). The van der Waals surface area contributed by atoms with Crippen LogP contribution in [0.15, 0.2) is 0 Å². The summed E-state index contributed by atoms with van der Waals surface area (Å²) >= 11 is 0. The van der Waals surface area contributed by atoms with Gasteiger partial charge in [-0.25, -0.2) is 0 Å². The Morgan fingerprint density at radius 1 is 0.579 bits per heavy atom. The van der Waals surface area contributed by atoms with E-state index >= 15 is 0 Å². The van der Waals surface area contributed by atoms with Gasteiger partial charge in [-0.15, -0.1) is 0 Å². The topological polar surface area (TPSA) is 58.2 Å². The van der Waals surface area contributed by atoms with Crippen LogP contribution in [0.1, 0.15) is 70.6 Å². The monoisotopic (exact) mass is 268 g/mol. The van der Waals surface area contributed by atoms with Crippen molar-refractivity contribution in [3.8, 4) is 0 Å². The van der Waals surface area contributed by atoms with E-state index in [0.29, 0.717) is 6.42 Å². The number of carbonyl (C=O) groups excluding carboxylic acids is 2. The van der Waals surface area contributed by atoms with Crippen molar-refractivity contribution in [2.75, 3.05) is 13.1 Å². The lowest BCUT2D eigenvalue weighted by Crippen LogP contribution is -2.37. The first kappa shape index (κ1) is 16.0. The maximum atomic E-state index is 11.5. The van der Waals surface area contributed by atoms with Crippen molar-refractivity contribution in [1.82, 2.24) is 10.6 Å². The zero-order valence-corrected chi connectivity index (χ0v) is 12.0. The quantitative estimate of drug-likeness (QED) is 0.709. The van der Waals surface area contributed by atoms with E-state index in [-0.39, 0.29) is 18.4 Å². The van der Waals surface area contributed by atoms with E-state index in [4.69, 9.17) is 0 Å². The highest BCUT2D eigenvalue weighted by Gasteiger charge is 2.05. The average molecular weight is 268 g/mol. The van der Waals surface area contributed by atoms with E-state index in [9.17, 15) is 9.59 Å². The minimum Gasteiger partial charge on any atom is -0.355 e. The van der Waals surface area contributed by atoms with E-state index in [1.807, 2.05) is 0 Å². The zero-order chi connectivity index (χ0) is 13.8. The molecule has 0 aromatic carbocycles. The molecule has 0 aliphatic carbocycles. The summed E-state index contributed by atoms with van der Waals surface area (Å²) < 4.78 is 0. The maximum absolute atomic E-state index is 11.5. The molecule has 110 valence electrons. The van der Waals surface area contributed by atoms with Gasteiger partial charge in [0.15, 0.2) is 0 Å². The Morgan fingerprint density at radius 2 is 1.11 bits per heavy atom. The van der Waals surface area contributed by atoms with Gasteiger partial charge in [-0.1, -0.05) is 51.4 Å². The molecule has 0 bridgehead atoms. The lowest BCUT2D eigenvalue weighted by Gasteiger charge is -2.06. The van der Waals surface area contributed by atoms with Gasteiger partial charge in [-0.2, -0.15) is 0 Å². The fourth-order valence-electron chi connectivity index (χ4n) is 2.38. The summed E-state index contributed by atoms with van der Waals surface area (Å²) in [5, 5.41) is 5.52. The van der Waals surface area contributed by atoms with Crippen LogP contribution in [0.5, 0.6) is 0 Å². The molecule has 0 radical (unpaired) electrons. The second-order valence-corrected chi connectivity index (χ2v) is 5.41. The first-order chi connectivity index (χ1) is 9.29. The molecule has 0 unspecified atom stereocenters. The molecular formula is C15H28N2O2. The van der Waals surface area contributed by atoms with Crippen molar-refractivity contribution >= 4 is 11.8 Å². The summed E-state index contributed by atoms with van der Waals surface area (Å²) in [6.07, 6.45) is 12.6. The highest BCUT2D eigenvalue weighted by molar-refractivity contribution is 5.84. The fraction of sp³-hybridized carbons (Fsp3) is 0.867. The van der Waals surface area contributed by atoms with E-state index < -0.39 is 0 Å². The molecular weight excluding hydrogens is 240 g/mol. The molecule has 4 nitrogen and oxygen atoms in total.